The third-order valence-corrected chi connectivity index (χ3v) is 7.37. The predicted molar refractivity (Wildman–Crippen MR) is 141 cm³/mol. The standard InChI is InChI=1S/C25H19N3O3S3/c29-23(21-11-6-14-33-21)26-28-24(30)22(34-25(28)32)15-17-16-27(20-10-5-4-9-19(17)20)12-13-31-18-7-2-1-3-8-18/h1-11,14-16H,12-13H2,(H,26,29)/b22-15-. The molecule has 0 radical (unpaired) electrons. The maximum absolute atomic E-state index is 13.0. The van der Waals surface area contributed by atoms with Crippen molar-refractivity contribution in [1.29, 1.82) is 0 Å². The number of thioether (sulfide) groups is 1. The minimum atomic E-state index is -0.359. The zero-order chi connectivity index (χ0) is 23.5. The molecule has 0 saturated carbocycles. The van der Waals surface area contributed by atoms with E-state index in [-0.39, 0.29) is 11.8 Å². The van der Waals surface area contributed by atoms with Gasteiger partial charge in [-0.15, -0.1) is 11.3 Å². The van der Waals surface area contributed by atoms with Gasteiger partial charge in [-0.2, -0.15) is 5.01 Å². The van der Waals surface area contributed by atoms with E-state index in [1.807, 2.05) is 66.9 Å². The number of carbonyl (C=O) groups is 2. The molecule has 1 fully saturated rings. The molecule has 9 heteroatoms. The molecule has 1 N–H and O–H groups in total. The molecule has 34 heavy (non-hydrogen) atoms. The smallest absolute Gasteiger partial charge is 0.285 e. The maximum atomic E-state index is 13.0. The van der Waals surface area contributed by atoms with Crippen molar-refractivity contribution >= 4 is 68.4 Å². The van der Waals surface area contributed by atoms with Crippen LogP contribution in [0, 0.1) is 0 Å². The van der Waals surface area contributed by atoms with Crippen LogP contribution in [0.2, 0.25) is 0 Å². The third-order valence-electron chi connectivity index (χ3n) is 5.20. The predicted octanol–water partition coefficient (Wildman–Crippen LogP) is 5.33. The van der Waals surface area contributed by atoms with Gasteiger partial charge >= 0.3 is 0 Å². The lowest BCUT2D eigenvalue weighted by Gasteiger charge is -2.14. The van der Waals surface area contributed by atoms with Crippen molar-refractivity contribution in [2.45, 2.75) is 6.54 Å². The van der Waals surface area contributed by atoms with E-state index in [1.54, 1.807) is 17.5 Å². The van der Waals surface area contributed by atoms with Gasteiger partial charge in [0, 0.05) is 22.7 Å². The van der Waals surface area contributed by atoms with Gasteiger partial charge in [0.1, 0.15) is 12.4 Å². The van der Waals surface area contributed by atoms with Gasteiger partial charge in [0.25, 0.3) is 11.8 Å². The number of carbonyl (C=O) groups excluding carboxylic acids is 2. The van der Waals surface area contributed by atoms with Crippen LogP contribution in [-0.4, -0.2) is 32.3 Å². The van der Waals surface area contributed by atoms with Crippen LogP contribution in [0.15, 0.2) is 83.2 Å². The first-order valence-corrected chi connectivity index (χ1v) is 12.6. The van der Waals surface area contributed by atoms with E-state index in [0.717, 1.165) is 27.2 Å². The molecule has 2 aromatic heterocycles. The van der Waals surface area contributed by atoms with Gasteiger partial charge in [0.15, 0.2) is 4.32 Å². The molecule has 0 aliphatic carbocycles. The number of thiophene rings is 1. The van der Waals surface area contributed by atoms with Gasteiger partial charge in [-0.3, -0.25) is 15.0 Å². The van der Waals surface area contributed by atoms with Gasteiger partial charge in [-0.25, -0.2) is 0 Å². The molecule has 2 amide bonds. The summed E-state index contributed by atoms with van der Waals surface area (Å²) in [6.07, 6.45) is 3.84. The molecule has 170 valence electrons. The summed E-state index contributed by atoms with van der Waals surface area (Å²) in [6.45, 7) is 1.17. The SMILES string of the molecule is O=C(NN1C(=O)/C(=C/c2cn(CCOc3ccccc3)c3ccccc23)SC1=S)c1cccs1. The highest BCUT2D eigenvalue weighted by molar-refractivity contribution is 8.26. The Morgan fingerprint density at radius 1 is 1.06 bits per heavy atom. The van der Waals surface area contributed by atoms with Gasteiger partial charge < -0.3 is 9.30 Å². The summed E-state index contributed by atoms with van der Waals surface area (Å²) >= 11 is 7.83. The lowest BCUT2D eigenvalue weighted by molar-refractivity contribution is -0.123. The number of para-hydroxylation sites is 2. The summed E-state index contributed by atoms with van der Waals surface area (Å²) in [5, 5.41) is 3.97. The second-order valence-electron chi connectivity index (χ2n) is 7.39. The lowest BCUT2D eigenvalue weighted by atomic mass is 10.1. The topological polar surface area (TPSA) is 63.6 Å². The summed E-state index contributed by atoms with van der Waals surface area (Å²) in [5.74, 6) is 0.124. The summed E-state index contributed by atoms with van der Waals surface area (Å²) in [5.41, 5.74) is 4.56. The van der Waals surface area contributed by atoms with E-state index in [2.05, 4.69) is 9.99 Å². The monoisotopic (exact) mass is 505 g/mol. The van der Waals surface area contributed by atoms with Crippen molar-refractivity contribution in [2.75, 3.05) is 6.61 Å². The fraction of sp³-hybridized carbons (Fsp3) is 0.0800. The lowest BCUT2D eigenvalue weighted by Crippen LogP contribution is -2.44. The van der Waals surface area contributed by atoms with Crippen LogP contribution in [0.4, 0.5) is 0 Å². The van der Waals surface area contributed by atoms with E-state index in [0.29, 0.717) is 27.3 Å². The number of benzene rings is 2. The van der Waals surface area contributed by atoms with Crippen molar-refractivity contribution in [3.05, 3.63) is 93.7 Å². The Labute approximate surface area is 209 Å². The van der Waals surface area contributed by atoms with Crippen LogP contribution >= 0.6 is 35.3 Å². The van der Waals surface area contributed by atoms with Gasteiger partial charge in [-0.05, 0) is 47.9 Å². The van der Waals surface area contributed by atoms with Crippen molar-refractivity contribution < 1.29 is 14.3 Å². The van der Waals surface area contributed by atoms with Crippen molar-refractivity contribution in [3.8, 4) is 5.75 Å². The molecular weight excluding hydrogens is 486 g/mol. The highest BCUT2D eigenvalue weighted by Gasteiger charge is 2.34. The van der Waals surface area contributed by atoms with Crippen molar-refractivity contribution in [2.24, 2.45) is 0 Å². The number of aromatic nitrogens is 1. The fourth-order valence-corrected chi connectivity index (χ4v) is 5.41. The average molecular weight is 506 g/mol. The first kappa shape index (κ1) is 22.4. The number of thiocarbonyl (C=S) groups is 1. The van der Waals surface area contributed by atoms with E-state index in [1.165, 1.54) is 23.1 Å². The Hall–Kier alpha value is -3.40. The second-order valence-corrected chi connectivity index (χ2v) is 10.0. The molecule has 1 aliphatic rings. The average Bonchev–Trinajstić information content (AvgIpc) is 3.57. The Morgan fingerprint density at radius 2 is 1.85 bits per heavy atom. The Kier molecular flexibility index (Phi) is 6.48. The molecule has 0 spiro atoms. The molecule has 1 aliphatic heterocycles. The van der Waals surface area contributed by atoms with Crippen LogP contribution in [-0.2, 0) is 11.3 Å². The zero-order valence-electron chi connectivity index (χ0n) is 17.8. The van der Waals surface area contributed by atoms with Crippen LogP contribution in [0.1, 0.15) is 15.2 Å². The number of hydrogen-bond acceptors (Lipinski definition) is 6. The van der Waals surface area contributed by atoms with E-state index < -0.39 is 0 Å². The number of nitrogens with zero attached hydrogens (tertiary/aromatic N) is 2. The first-order chi connectivity index (χ1) is 16.6. The number of ether oxygens (including phenoxy) is 1. The summed E-state index contributed by atoms with van der Waals surface area (Å²) in [7, 11) is 0. The Bertz CT molecular complexity index is 1390. The summed E-state index contributed by atoms with van der Waals surface area (Å²) in [6, 6.07) is 21.2. The number of amides is 2. The highest BCUT2D eigenvalue weighted by atomic mass is 32.2. The number of rotatable bonds is 7. The fourth-order valence-electron chi connectivity index (χ4n) is 3.62. The third kappa shape index (κ3) is 4.63. The van der Waals surface area contributed by atoms with Crippen molar-refractivity contribution in [1.82, 2.24) is 15.0 Å². The minimum Gasteiger partial charge on any atom is -0.492 e. The van der Waals surface area contributed by atoms with Crippen molar-refractivity contribution in [3.63, 3.8) is 0 Å². The molecule has 5 rings (SSSR count). The maximum Gasteiger partial charge on any atom is 0.285 e. The molecule has 2 aromatic carbocycles. The number of hydrogen-bond donors (Lipinski definition) is 1. The number of fused-ring (bicyclic) bond motifs is 1. The quantitative estimate of drug-likeness (QED) is 0.272. The Balaban J connectivity index is 1.35. The normalized spacial score (nSPS) is 14.8. The number of nitrogens with one attached hydrogen (secondary N) is 1. The van der Waals surface area contributed by atoms with E-state index >= 15 is 0 Å². The second kappa shape index (κ2) is 9.84. The summed E-state index contributed by atoms with van der Waals surface area (Å²) in [4.78, 5) is 26.4. The first-order valence-electron chi connectivity index (χ1n) is 10.5. The van der Waals surface area contributed by atoms with Gasteiger partial charge in [0.05, 0.1) is 16.3 Å². The van der Waals surface area contributed by atoms with Crippen LogP contribution in [0.25, 0.3) is 17.0 Å². The Morgan fingerprint density at radius 3 is 2.65 bits per heavy atom. The van der Waals surface area contributed by atoms with Gasteiger partial charge in [0.2, 0.25) is 0 Å². The van der Waals surface area contributed by atoms with Gasteiger partial charge in [-0.1, -0.05) is 54.2 Å². The van der Waals surface area contributed by atoms with Crippen LogP contribution < -0.4 is 10.2 Å². The molecule has 0 unspecified atom stereocenters. The summed E-state index contributed by atoms with van der Waals surface area (Å²) < 4.78 is 8.26. The molecule has 1 saturated heterocycles. The van der Waals surface area contributed by atoms with Crippen LogP contribution in [0.5, 0.6) is 5.75 Å². The van der Waals surface area contributed by atoms with E-state index in [9.17, 15) is 9.59 Å². The van der Waals surface area contributed by atoms with Crippen LogP contribution in [0.3, 0.4) is 0 Å². The zero-order valence-corrected chi connectivity index (χ0v) is 20.3. The van der Waals surface area contributed by atoms with E-state index in [4.69, 9.17) is 17.0 Å². The molecule has 0 bridgehead atoms. The molecule has 3 heterocycles. The molecular formula is C25H19N3O3S3. The largest absolute Gasteiger partial charge is 0.492 e. The molecule has 6 nitrogen and oxygen atoms in total. The number of hydrazine groups is 1. The molecule has 4 aromatic rings. The minimum absolute atomic E-state index is 0.293. The highest BCUT2D eigenvalue weighted by Crippen LogP contribution is 2.33. The molecule has 0 atom stereocenters.